The highest BCUT2D eigenvalue weighted by atomic mass is 16.5. The fourth-order valence-corrected chi connectivity index (χ4v) is 3.09. The summed E-state index contributed by atoms with van der Waals surface area (Å²) >= 11 is 0. The summed E-state index contributed by atoms with van der Waals surface area (Å²) in [6, 6.07) is 17.3. The van der Waals surface area contributed by atoms with E-state index in [4.69, 9.17) is 9.26 Å². The van der Waals surface area contributed by atoms with Crippen LogP contribution in [0.5, 0.6) is 0 Å². The number of ether oxygens (including phenoxy) is 1. The summed E-state index contributed by atoms with van der Waals surface area (Å²) in [5, 5.41) is 7.56. The van der Waals surface area contributed by atoms with Crippen molar-refractivity contribution in [2.24, 2.45) is 0 Å². The van der Waals surface area contributed by atoms with Crippen LogP contribution in [0.15, 0.2) is 59.1 Å². The normalized spacial score (nSPS) is 13.1. The van der Waals surface area contributed by atoms with Gasteiger partial charge in [-0.3, -0.25) is 9.59 Å². The van der Waals surface area contributed by atoms with E-state index in [0.717, 1.165) is 11.8 Å². The molecule has 6 nitrogen and oxygen atoms in total. The zero-order valence-corrected chi connectivity index (χ0v) is 16.1. The van der Waals surface area contributed by atoms with Crippen LogP contribution in [0, 0.1) is 0 Å². The summed E-state index contributed by atoms with van der Waals surface area (Å²) in [5.41, 5.74) is 2.29. The first-order valence-electron chi connectivity index (χ1n) is 9.44. The van der Waals surface area contributed by atoms with Crippen molar-refractivity contribution in [3.8, 4) is 0 Å². The first kappa shape index (κ1) is 19.6. The Morgan fingerprint density at radius 2 is 1.82 bits per heavy atom. The SMILES string of the molecule is CC[C@H](CNC(=O)[C@H](C)OC(=O)Cc1noc2ccccc12)c1ccccc1. The van der Waals surface area contributed by atoms with Crippen molar-refractivity contribution in [1.29, 1.82) is 0 Å². The van der Waals surface area contributed by atoms with Crippen molar-refractivity contribution >= 4 is 22.8 Å². The zero-order valence-electron chi connectivity index (χ0n) is 16.1. The molecule has 0 aliphatic rings. The van der Waals surface area contributed by atoms with Gasteiger partial charge in [0, 0.05) is 17.8 Å². The third-order valence-corrected chi connectivity index (χ3v) is 4.73. The first-order valence-corrected chi connectivity index (χ1v) is 9.44. The van der Waals surface area contributed by atoms with Crippen LogP contribution in [0.4, 0.5) is 0 Å². The van der Waals surface area contributed by atoms with Crippen LogP contribution in [0.3, 0.4) is 0 Å². The number of para-hydroxylation sites is 1. The Balaban J connectivity index is 1.51. The monoisotopic (exact) mass is 380 g/mol. The molecule has 0 unspecified atom stereocenters. The number of amides is 1. The highest BCUT2D eigenvalue weighted by molar-refractivity contribution is 5.86. The molecule has 6 heteroatoms. The summed E-state index contributed by atoms with van der Waals surface area (Å²) in [5.74, 6) is -0.612. The molecule has 0 saturated heterocycles. The molecule has 0 spiro atoms. The van der Waals surface area contributed by atoms with Crippen LogP contribution in [-0.2, 0) is 20.7 Å². The maximum absolute atomic E-state index is 12.3. The van der Waals surface area contributed by atoms with Crippen LogP contribution in [-0.4, -0.2) is 29.7 Å². The number of carbonyl (C=O) groups is 2. The van der Waals surface area contributed by atoms with Crippen LogP contribution in [0.25, 0.3) is 11.0 Å². The van der Waals surface area contributed by atoms with Crippen molar-refractivity contribution in [3.63, 3.8) is 0 Å². The van der Waals surface area contributed by atoms with Crippen LogP contribution in [0.1, 0.15) is 37.4 Å². The van der Waals surface area contributed by atoms with Gasteiger partial charge in [-0.15, -0.1) is 0 Å². The minimum absolute atomic E-state index is 0.0454. The molecule has 0 bridgehead atoms. The van der Waals surface area contributed by atoms with E-state index in [1.54, 1.807) is 13.0 Å². The predicted molar refractivity (Wildman–Crippen MR) is 106 cm³/mol. The largest absolute Gasteiger partial charge is 0.452 e. The van der Waals surface area contributed by atoms with Crippen LogP contribution >= 0.6 is 0 Å². The van der Waals surface area contributed by atoms with Gasteiger partial charge < -0.3 is 14.6 Å². The number of benzene rings is 2. The molecule has 28 heavy (non-hydrogen) atoms. The average molecular weight is 380 g/mol. The van der Waals surface area contributed by atoms with Gasteiger partial charge in [-0.05, 0) is 31.0 Å². The molecule has 1 heterocycles. The summed E-state index contributed by atoms with van der Waals surface area (Å²) in [4.78, 5) is 24.5. The van der Waals surface area contributed by atoms with E-state index in [9.17, 15) is 9.59 Å². The topological polar surface area (TPSA) is 81.4 Å². The van der Waals surface area contributed by atoms with E-state index in [1.165, 1.54) is 5.56 Å². The predicted octanol–water partition coefficient (Wildman–Crippen LogP) is 3.61. The third kappa shape index (κ3) is 4.76. The van der Waals surface area contributed by atoms with E-state index in [2.05, 4.69) is 17.4 Å². The van der Waals surface area contributed by atoms with E-state index in [0.29, 0.717) is 17.8 Å². The van der Waals surface area contributed by atoms with Crippen LogP contribution in [0.2, 0.25) is 0 Å². The minimum atomic E-state index is -0.876. The number of fused-ring (bicyclic) bond motifs is 1. The molecule has 0 radical (unpaired) electrons. The van der Waals surface area contributed by atoms with Crippen molar-refractivity contribution in [2.45, 2.75) is 38.7 Å². The number of aromatic nitrogens is 1. The van der Waals surface area contributed by atoms with Gasteiger partial charge in [-0.1, -0.05) is 54.5 Å². The number of nitrogens with one attached hydrogen (secondary N) is 1. The molecule has 1 aromatic heterocycles. The fraction of sp³-hybridized carbons (Fsp3) is 0.318. The molecule has 2 aromatic carbocycles. The van der Waals surface area contributed by atoms with Crippen molar-refractivity contribution in [1.82, 2.24) is 10.5 Å². The Bertz CT molecular complexity index is 936. The fourth-order valence-electron chi connectivity index (χ4n) is 3.09. The Morgan fingerprint density at radius 3 is 2.57 bits per heavy atom. The number of hydrogen-bond donors (Lipinski definition) is 1. The lowest BCUT2D eigenvalue weighted by atomic mass is 9.96. The highest BCUT2D eigenvalue weighted by Crippen LogP contribution is 2.19. The second-order valence-corrected chi connectivity index (χ2v) is 6.70. The molecule has 146 valence electrons. The minimum Gasteiger partial charge on any atom is -0.452 e. The molecule has 0 aliphatic heterocycles. The quantitative estimate of drug-likeness (QED) is 0.604. The molecule has 0 fully saturated rings. The number of esters is 1. The second-order valence-electron chi connectivity index (χ2n) is 6.70. The lowest BCUT2D eigenvalue weighted by molar-refractivity contribution is -0.154. The van der Waals surface area contributed by atoms with Gasteiger partial charge in [-0.2, -0.15) is 0 Å². The third-order valence-electron chi connectivity index (χ3n) is 4.73. The molecule has 2 atom stereocenters. The number of nitrogens with zero attached hydrogens (tertiary/aromatic N) is 1. The highest BCUT2D eigenvalue weighted by Gasteiger charge is 2.21. The molecular weight excluding hydrogens is 356 g/mol. The van der Waals surface area contributed by atoms with E-state index >= 15 is 0 Å². The summed E-state index contributed by atoms with van der Waals surface area (Å²) in [6.45, 7) is 4.14. The Morgan fingerprint density at radius 1 is 1.11 bits per heavy atom. The van der Waals surface area contributed by atoms with E-state index < -0.39 is 12.1 Å². The molecule has 1 amide bonds. The van der Waals surface area contributed by atoms with Crippen LogP contribution < -0.4 is 5.32 Å². The Kier molecular flexibility index (Phi) is 6.42. The number of hydrogen-bond acceptors (Lipinski definition) is 5. The second kappa shape index (κ2) is 9.17. The first-order chi connectivity index (χ1) is 13.6. The van der Waals surface area contributed by atoms with Gasteiger partial charge in [0.1, 0.15) is 5.69 Å². The van der Waals surface area contributed by atoms with Crippen molar-refractivity contribution < 1.29 is 18.8 Å². The standard InChI is InChI=1S/C22H24N2O4/c1-3-16(17-9-5-4-6-10-17)14-23-22(26)15(2)27-21(25)13-19-18-11-7-8-12-20(18)28-24-19/h4-12,15-16H,3,13-14H2,1-2H3,(H,23,26)/t15-,16+/m0/s1. The molecule has 0 aliphatic carbocycles. The summed E-state index contributed by atoms with van der Waals surface area (Å²) in [7, 11) is 0. The average Bonchev–Trinajstić information content (AvgIpc) is 3.12. The van der Waals surface area contributed by atoms with Gasteiger partial charge in [0.25, 0.3) is 5.91 Å². The van der Waals surface area contributed by atoms with Crippen molar-refractivity contribution in [2.75, 3.05) is 6.54 Å². The molecule has 0 saturated carbocycles. The smallest absolute Gasteiger partial charge is 0.312 e. The number of rotatable bonds is 8. The summed E-state index contributed by atoms with van der Waals surface area (Å²) < 4.78 is 10.5. The van der Waals surface area contributed by atoms with Gasteiger partial charge in [-0.25, -0.2) is 0 Å². The van der Waals surface area contributed by atoms with Gasteiger partial charge >= 0.3 is 5.97 Å². The molecule has 1 N–H and O–H groups in total. The van der Waals surface area contributed by atoms with Gasteiger partial charge in [0.2, 0.25) is 0 Å². The lowest BCUT2D eigenvalue weighted by Crippen LogP contribution is -2.38. The number of carbonyl (C=O) groups excluding carboxylic acids is 2. The lowest BCUT2D eigenvalue weighted by Gasteiger charge is -2.18. The Hall–Kier alpha value is -3.15. The van der Waals surface area contributed by atoms with Gasteiger partial charge in [0.05, 0.1) is 6.42 Å². The van der Waals surface area contributed by atoms with Crippen molar-refractivity contribution in [3.05, 3.63) is 65.9 Å². The van der Waals surface area contributed by atoms with Gasteiger partial charge in [0.15, 0.2) is 11.7 Å². The molecule has 3 aromatic rings. The van der Waals surface area contributed by atoms with E-state index in [1.807, 2.05) is 48.5 Å². The molecule has 3 rings (SSSR count). The molecular formula is C22H24N2O4. The Labute approximate surface area is 163 Å². The zero-order chi connectivity index (χ0) is 19.9. The van der Waals surface area contributed by atoms with E-state index in [-0.39, 0.29) is 18.2 Å². The maximum atomic E-state index is 12.3. The maximum Gasteiger partial charge on any atom is 0.312 e. The summed E-state index contributed by atoms with van der Waals surface area (Å²) in [6.07, 6.45) is -0.0209.